The fourth-order valence-electron chi connectivity index (χ4n) is 2.07. The van der Waals surface area contributed by atoms with E-state index in [0.717, 1.165) is 29.1 Å². The highest BCUT2D eigenvalue weighted by molar-refractivity contribution is 7.71. The molecule has 2 aromatic rings. The minimum atomic E-state index is -0.0511. The first kappa shape index (κ1) is 13.9. The Balaban J connectivity index is 2.58. The van der Waals surface area contributed by atoms with Crippen LogP contribution < -0.4 is 0 Å². The van der Waals surface area contributed by atoms with Crippen molar-refractivity contribution < 1.29 is 4.74 Å². The number of aromatic amines is 1. The van der Waals surface area contributed by atoms with E-state index in [1.807, 2.05) is 25.1 Å². The second-order valence-corrected chi connectivity index (χ2v) is 4.81. The summed E-state index contributed by atoms with van der Waals surface area (Å²) in [5.41, 5.74) is 3.13. The summed E-state index contributed by atoms with van der Waals surface area (Å²) in [7, 11) is 1.69. The molecular weight excluding hydrogens is 256 g/mol. The zero-order valence-electron chi connectivity index (χ0n) is 11.4. The Kier molecular flexibility index (Phi) is 4.45. The fraction of sp³-hybridized carbons (Fsp3) is 0.333. The first-order valence-electron chi connectivity index (χ1n) is 6.36. The SMILES string of the molecule is CCC(OC)c1nc(=S)c(C)c(-c2ccccc2)[nH]1. The Hall–Kier alpha value is -1.52. The second-order valence-electron chi connectivity index (χ2n) is 4.43. The minimum Gasteiger partial charge on any atom is -0.374 e. The fourth-order valence-corrected chi connectivity index (χ4v) is 2.27. The maximum atomic E-state index is 5.43. The topological polar surface area (TPSA) is 37.9 Å². The van der Waals surface area contributed by atoms with Crippen LogP contribution in [0, 0.1) is 11.6 Å². The molecule has 0 spiro atoms. The summed E-state index contributed by atoms with van der Waals surface area (Å²) in [6, 6.07) is 10.1. The molecule has 1 aromatic heterocycles. The van der Waals surface area contributed by atoms with Crippen molar-refractivity contribution in [3.8, 4) is 11.3 Å². The van der Waals surface area contributed by atoms with Crippen LogP contribution in [-0.4, -0.2) is 17.1 Å². The molecular formula is C15H18N2OS. The molecule has 1 aromatic carbocycles. The Morgan fingerprint density at radius 3 is 2.58 bits per heavy atom. The van der Waals surface area contributed by atoms with E-state index in [4.69, 9.17) is 17.0 Å². The van der Waals surface area contributed by atoms with Crippen molar-refractivity contribution in [2.24, 2.45) is 0 Å². The predicted octanol–water partition coefficient (Wildman–Crippen LogP) is 4.21. The number of nitrogens with one attached hydrogen (secondary N) is 1. The van der Waals surface area contributed by atoms with Crippen LogP contribution in [0.2, 0.25) is 0 Å². The van der Waals surface area contributed by atoms with Gasteiger partial charge in [-0.25, -0.2) is 4.98 Å². The Labute approximate surface area is 118 Å². The lowest BCUT2D eigenvalue weighted by Gasteiger charge is -2.15. The average molecular weight is 274 g/mol. The van der Waals surface area contributed by atoms with Crippen LogP contribution in [0.4, 0.5) is 0 Å². The lowest BCUT2D eigenvalue weighted by Crippen LogP contribution is -2.08. The van der Waals surface area contributed by atoms with Gasteiger partial charge in [-0.05, 0) is 18.9 Å². The summed E-state index contributed by atoms with van der Waals surface area (Å²) in [5, 5.41) is 0. The van der Waals surface area contributed by atoms with Gasteiger partial charge in [-0.1, -0.05) is 49.5 Å². The summed E-state index contributed by atoms with van der Waals surface area (Å²) < 4.78 is 6.06. The van der Waals surface area contributed by atoms with E-state index >= 15 is 0 Å². The molecule has 2 rings (SSSR count). The number of ether oxygens (including phenoxy) is 1. The number of nitrogens with zero attached hydrogens (tertiary/aromatic N) is 1. The van der Waals surface area contributed by atoms with Crippen molar-refractivity contribution in [1.29, 1.82) is 0 Å². The van der Waals surface area contributed by atoms with Crippen molar-refractivity contribution in [2.75, 3.05) is 7.11 Å². The Morgan fingerprint density at radius 2 is 2.00 bits per heavy atom. The third-order valence-corrected chi connectivity index (χ3v) is 3.59. The molecule has 0 saturated heterocycles. The van der Waals surface area contributed by atoms with Gasteiger partial charge in [0.05, 0.1) is 5.69 Å². The molecule has 0 saturated carbocycles. The molecule has 0 aliphatic heterocycles. The molecule has 3 nitrogen and oxygen atoms in total. The number of hydrogen-bond acceptors (Lipinski definition) is 3. The van der Waals surface area contributed by atoms with Crippen molar-refractivity contribution in [2.45, 2.75) is 26.4 Å². The van der Waals surface area contributed by atoms with Crippen LogP contribution in [0.25, 0.3) is 11.3 Å². The summed E-state index contributed by atoms with van der Waals surface area (Å²) in [5.74, 6) is 0.791. The van der Waals surface area contributed by atoms with E-state index < -0.39 is 0 Å². The second kappa shape index (κ2) is 6.08. The highest BCUT2D eigenvalue weighted by Crippen LogP contribution is 2.24. The maximum absolute atomic E-state index is 5.43. The molecule has 100 valence electrons. The molecule has 0 amide bonds. The smallest absolute Gasteiger partial charge is 0.137 e. The molecule has 1 N–H and O–H groups in total. The van der Waals surface area contributed by atoms with Gasteiger partial charge < -0.3 is 9.72 Å². The summed E-state index contributed by atoms with van der Waals surface area (Å²) in [6.07, 6.45) is 0.802. The van der Waals surface area contributed by atoms with Gasteiger partial charge in [0.25, 0.3) is 0 Å². The van der Waals surface area contributed by atoms with Crippen molar-refractivity contribution in [1.82, 2.24) is 9.97 Å². The molecule has 0 bridgehead atoms. The molecule has 19 heavy (non-hydrogen) atoms. The number of hydrogen-bond donors (Lipinski definition) is 1. The molecule has 0 fully saturated rings. The third-order valence-electron chi connectivity index (χ3n) is 3.19. The van der Waals surface area contributed by atoms with Crippen LogP contribution >= 0.6 is 12.2 Å². The van der Waals surface area contributed by atoms with Crippen LogP contribution in [-0.2, 0) is 4.74 Å². The Morgan fingerprint density at radius 1 is 1.32 bits per heavy atom. The van der Waals surface area contributed by atoms with E-state index in [2.05, 4.69) is 29.0 Å². The van der Waals surface area contributed by atoms with E-state index in [-0.39, 0.29) is 6.10 Å². The predicted molar refractivity (Wildman–Crippen MR) is 79.6 cm³/mol. The van der Waals surface area contributed by atoms with Gasteiger partial charge in [0.1, 0.15) is 16.6 Å². The van der Waals surface area contributed by atoms with E-state index in [9.17, 15) is 0 Å². The van der Waals surface area contributed by atoms with Gasteiger partial charge in [0.2, 0.25) is 0 Å². The van der Waals surface area contributed by atoms with Gasteiger partial charge in [-0.15, -0.1) is 0 Å². The van der Waals surface area contributed by atoms with Crippen molar-refractivity contribution in [3.63, 3.8) is 0 Å². The normalized spacial score (nSPS) is 12.4. The molecule has 0 aliphatic rings. The highest BCUT2D eigenvalue weighted by atomic mass is 32.1. The summed E-state index contributed by atoms with van der Waals surface area (Å²) in [4.78, 5) is 7.80. The lowest BCUT2D eigenvalue weighted by molar-refractivity contribution is 0.0925. The number of benzene rings is 1. The van der Waals surface area contributed by atoms with Gasteiger partial charge in [-0.2, -0.15) is 0 Å². The molecule has 1 atom stereocenters. The van der Waals surface area contributed by atoms with Crippen molar-refractivity contribution >= 4 is 12.2 Å². The number of rotatable bonds is 4. The van der Waals surface area contributed by atoms with Gasteiger partial charge in [-0.3, -0.25) is 0 Å². The van der Waals surface area contributed by atoms with Gasteiger partial charge >= 0.3 is 0 Å². The first-order valence-corrected chi connectivity index (χ1v) is 6.77. The van der Waals surface area contributed by atoms with E-state index in [0.29, 0.717) is 4.64 Å². The molecule has 1 heterocycles. The van der Waals surface area contributed by atoms with Crippen LogP contribution in [0.5, 0.6) is 0 Å². The summed E-state index contributed by atoms with van der Waals surface area (Å²) in [6.45, 7) is 4.06. The standard InChI is InChI=1S/C15H18N2OS/c1-4-12(18-3)14-16-13(10(2)15(19)17-14)11-8-6-5-7-9-11/h5-9,12H,4H2,1-3H3,(H,16,17,19). The highest BCUT2D eigenvalue weighted by Gasteiger charge is 2.14. The molecule has 4 heteroatoms. The zero-order chi connectivity index (χ0) is 13.8. The van der Waals surface area contributed by atoms with Crippen molar-refractivity contribution in [3.05, 3.63) is 46.4 Å². The minimum absolute atomic E-state index is 0.0511. The first-order chi connectivity index (χ1) is 9.17. The lowest BCUT2D eigenvalue weighted by atomic mass is 10.1. The quantitative estimate of drug-likeness (QED) is 0.849. The third kappa shape index (κ3) is 2.91. The largest absolute Gasteiger partial charge is 0.374 e. The number of H-pyrrole nitrogens is 1. The number of aromatic nitrogens is 2. The Bertz CT molecular complexity index is 603. The van der Waals surface area contributed by atoms with Crippen LogP contribution in [0.15, 0.2) is 30.3 Å². The monoisotopic (exact) mass is 274 g/mol. The maximum Gasteiger partial charge on any atom is 0.137 e. The van der Waals surface area contributed by atoms with Crippen LogP contribution in [0.3, 0.4) is 0 Å². The molecule has 0 radical (unpaired) electrons. The van der Waals surface area contributed by atoms with E-state index in [1.165, 1.54) is 0 Å². The van der Waals surface area contributed by atoms with Gasteiger partial charge in [0, 0.05) is 12.7 Å². The molecule has 1 unspecified atom stereocenters. The van der Waals surface area contributed by atoms with Gasteiger partial charge in [0.15, 0.2) is 0 Å². The summed E-state index contributed by atoms with van der Waals surface area (Å²) >= 11 is 5.36. The molecule has 0 aliphatic carbocycles. The zero-order valence-corrected chi connectivity index (χ0v) is 12.3. The van der Waals surface area contributed by atoms with Crippen LogP contribution in [0.1, 0.15) is 30.8 Å². The number of methoxy groups -OCH3 is 1. The average Bonchev–Trinajstić information content (AvgIpc) is 2.44. The van der Waals surface area contributed by atoms with E-state index in [1.54, 1.807) is 7.11 Å².